The zero-order valence-electron chi connectivity index (χ0n) is 6.54. The Morgan fingerprint density at radius 1 is 1.50 bits per heavy atom. The van der Waals surface area contributed by atoms with Gasteiger partial charge < -0.3 is 0 Å². The number of nitrogens with one attached hydrogen (secondary N) is 2. The van der Waals surface area contributed by atoms with Crippen LogP contribution >= 0.6 is 0 Å². The van der Waals surface area contributed by atoms with Gasteiger partial charge in [0, 0.05) is 0 Å². The Hall–Kier alpha value is -1.16. The maximum Gasteiger partial charge on any atom is 0.511 e. The van der Waals surface area contributed by atoms with E-state index >= 15 is 0 Å². The highest BCUT2D eigenvalue weighted by Gasteiger charge is 2.45. The first-order valence-corrected chi connectivity index (χ1v) is 4.71. The minimum Gasteiger partial charge on any atom is -0.262 e. The molecule has 6 nitrogen and oxygen atoms in total. The van der Waals surface area contributed by atoms with Gasteiger partial charge in [-0.1, -0.05) is 0 Å². The van der Waals surface area contributed by atoms with Crippen LogP contribution in [0.5, 0.6) is 0 Å². The Labute approximate surface area is 76.6 Å². The molecule has 0 unspecified atom stereocenters. The molecule has 1 heterocycles. The second-order valence-corrected chi connectivity index (χ2v) is 3.96. The molecule has 0 saturated carbocycles. The van der Waals surface area contributed by atoms with E-state index in [1.165, 1.54) is 4.72 Å². The van der Waals surface area contributed by atoms with Crippen molar-refractivity contribution in [3.05, 3.63) is 12.2 Å². The lowest BCUT2D eigenvalue weighted by molar-refractivity contribution is -0.0448. The van der Waals surface area contributed by atoms with Crippen molar-refractivity contribution in [1.82, 2.24) is 19.9 Å². The van der Waals surface area contributed by atoms with Crippen LogP contribution in [0.4, 0.5) is 13.2 Å². The summed E-state index contributed by atoms with van der Waals surface area (Å²) in [6.45, 7) is -0.582. The maximum atomic E-state index is 11.8. The van der Waals surface area contributed by atoms with Gasteiger partial charge in [-0.15, -0.1) is 0 Å². The predicted molar refractivity (Wildman–Crippen MR) is 38.2 cm³/mol. The van der Waals surface area contributed by atoms with E-state index in [0.717, 1.165) is 6.33 Å². The molecule has 0 aliphatic carbocycles. The molecule has 0 bridgehead atoms. The molecule has 1 aromatic rings. The van der Waals surface area contributed by atoms with E-state index in [-0.39, 0.29) is 5.82 Å². The standard InChI is InChI=1S/C4H5F3N4O2S/c5-4(6,7)14(12,13)10-1-3-8-2-9-11-3/h2,10H,1H2,(H,8,9,11). The SMILES string of the molecule is O=S(=O)(NCc1ncn[nH]1)C(F)(F)F. The van der Waals surface area contributed by atoms with Crippen molar-refractivity contribution in [3.63, 3.8) is 0 Å². The fraction of sp³-hybridized carbons (Fsp3) is 0.500. The lowest BCUT2D eigenvalue weighted by atomic mass is 10.6. The highest BCUT2D eigenvalue weighted by molar-refractivity contribution is 7.90. The van der Waals surface area contributed by atoms with Crippen LogP contribution in [0.1, 0.15) is 5.82 Å². The van der Waals surface area contributed by atoms with Crippen molar-refractivity contribution in [3.8, 4) is 0 Å². The summed E-state index contributed by atoms with van der Waals surface area (Å²) in [5.41, 5.74) is -5.31. The van der Waals surface area contributed by atoms with Gasteiger partial charge in [0.25, 0.3) is 0 Å². The molecule has 0 fully saturated rings. The zero-order valence-corrected chi connectivity index (χ0v) is 7.35. The van der Waals surface area contributed by atoms with E-state index in [1.54, 1.807) is 0 Å². The van der Waals surface area contributed by atoms with E-state index in [4.69, 9.17) is 0 Å². The summed E-state index contributed by atoms with van der Waals surface area (Å²) < 4.78 is 57.5. The summed E-state index contributed by atoms with van der Waals surface area (Å²) >= 11 is 0. The van der Waals surface area contributed by atoms with Gasteiger partial charge >= 0.3 is 15.5 Å². The van der Waals surface area contributed by atoms with Gasteiger partial charge in [0.15, 0.2) is 0 Å². The number of hydrogen-bond donors (Lipinski definition) is 2. The van der Waals surface area contributed by atoms with Crippen LogP contribution in [0.15, 0.2) is 6.33 Å². The number of hydrogen-bond acceptors (Lipinski definition) is 4. The molecule has 1 aromatic heterocycles. The van der Waals surface area contributed by atoms with Gasteiger partial charge in [-0.2, -0.15) is 23.0 Å². The molecule has 0 amide bonds. The van der Waals surface area contributed by atoms with Gasteiger partial charge in [0.05, 0.1) is 6.54 Å². The Kier molecular flexibility index (Phi) is 2.76. The van der Waals surface area contributed by atoms with Crippen molar-refractivity contribution in [2.24, 2.45) is 0 Å². The van der Waals surface area contributed by atoms with Crippen molar-refractivity contribution in [2.75, 3.05) is 0 Å². The Balaban J connectivity index is 2.63. The first-order chi connectivity index (χ1) is 6.33. The van der Waals surface area contributed by atoms with Crippen LogP contribution in [0.2, 0.25) is 0 Å². The largest absolute Gasteiger partial charge is 0.511 e. The average molecular weight is 230 g/mol. The number of nitrogens with zero attached hydrogens (tertiary/aromatic N) is 2. The number of H-pyrrole nitrogens is 1. The summed E-state index contributed by atoms with van der Waals surface area (Å²) in [6.07, 6.45) is 1.05. The molecule has 0 atom stereocenters. The van der Waals surface area contributed by atoms with Crippen LogP contribution < -0.4 is 4.72 Å². The van der Waals surface area contributed by atoms with Crippen molar-refractivity contribution >= 4 is 10.0 Å². The van der Waals surface area contributed by atoms with Gasteiger partial charge in [-0.3, -0.25) is 5.10 Å². The molecular formula is C4H5F3N4O2S. The van der Waals surface area contributed by atoms with Crippen molar-refractivity contribution in [2.45, 2.75) is 12.1 Å². The number of aromatic amines is 1. The molecular weight excluding hydrogens is 225 g/mol. The minimum absolute atomic E-state index is 0.00201. The highest BCUT2D eigenvalue weighted by Crippen LogP contribution is 2.21. The van der Waals surface area contributed by atoms with Crippen molar-refractivity contribution in [1.29, 1.82) is 0 Å². The number of halogens is 3. The average Bonchev–Trinajstić information content (AvgIpc) is 2.50. The summed E-state index contributed by atoms with van der Waals surface area (Å²) in [7, 11) is -5.31. The number of alkyl halides is 3. The fourth-order valence-corrected chi connectivity index (χ4v) is 1.05. The van der Waals surface area contributed by atoms with Crippen LogP contribution in [-0.2, 0) is 16.6 Å². The maximum absolute atomic E-state index is 11.8. The van der Waals surface area contributed by atoms with Gasteiger partial charge in [0.1, 0.15) is 12.2 Å². The van der Waals surface area contributed by atoms with E-state index in [2.05, 4.69) is 15.2 Å². The third-order valence-corrected chi connectivity index (χ3v) is 2.33. The lowest BCUT2D eigenvalue weighted by Crippen LogP contribution is -2.36. The molecule has 10 heteroatoms. The van der Waals surface area contributed by atoms with E-state index in [0.29, 0.717) is 0 Å². The first-order valence-electron chi connectivity index (χ1n) is 3.23. The number of sulfonamides is 1. The zero-order chi connectivity index (χ0) is 10.8. The third-order valence-electron chi connectivity index (χ3n) is 1.20. The summed E-state index contributed by atoms with van der Waals surface area (Å²) in [6, 6.07) is 0. The molecule has 1 rings (SSSR count). The number of rotatable bonds is 3. The Morgan fingerprint density at radius 3 is 2.57 bits per heavy atom. The van der Waals surface area contributed by atoms with Crippen LogP contribution in [0.25, 0.3) is 0 Å². The second kappa shape index (κ2) is 3.53. The predicted octanol–water partition coefficient (Wildman–Crippen LogP) is -0.256. The van der Waals surface area contributed by atoms with Gasteiger partial charge in [-0.25, -0.2) is 13.4 Å². The lowest BCUT2D eigenvalue weighted by Gasteiger charge is -2.07. The van der Waals surface area contributed by atoms with E-state index in [1.807, 2.05) is 0 Å². The topological polar surface area (TPSA) is 87.7 Å². The molecule has 0 aliphatic rings. The van der Waals surface area contributed by atoms with E-state index in [9.17, 15) is 21.6 Å². The van der Waals surface area contributed by atoms with Gasteiger partial charge in [-0.05, 0) is 0 Å². The molecule has 0 aromatic carbocycles. The fourth-order valence-electron chi connectivity index (χ4n) is 0.561. The first kappa shape index (κ1) is 10.9. The normalized spacial score (nSPS) is 13.1. The Bertz CT molecular complexity index is 383. The number of aromatic nitrogens is 3. The van der Waals surface area contributed by atoms with Crippen LogP contribution in [0, 0.1) is 0 Å². The Morgan fingerprint density at radius 2 is 2.14 bits per heavy atom. The second-order valence-electron chi connectivity index (χ2n) is 2.20. The summed E-state index contributed by atoms with van der Waals surface area (Å²) in [5, 5.41) is 5.54. The molecule has 0 radical (unpaired) electrons. The van der Waals surface area contributed by atoms with Crippen molar-refractivity contribution < 1.29 is 21.6 Å². The van der Waals surface area contributed by atoms with Crippen LogP contribution in [0.3, 0.4) is 0 Å². The highest BCUT2D eigenvalue weighted by atomic mass is 32.2. The summed E-state index contributed by atoms with van der Waals surface area (Å²) in [5.74, 6) is -0.00201. The van der Waals surface area contributed by atoms with Crippen LogP contribution in [-0.4, -0.2) is 29.1 Å². The molecule has 0 saturated heterocycles. The smallest absolute Gasteiger partial charge is 0.262 e. The monoisotopic (exact) mass is 230 g/mol. The summed E-state index contributed by atoms with van der Waals surface area (Å²) in [4.78, 5) is 3.44. The third kappa shape index (κ3) is 2.42. The van der Waals surface area contributed by atoms with E-state index < -0.39 is 22.1 Å². The molecule has 2 N–H and O–H groups in total. The van der Waals surface area contributed by atoms with Gasteiger partial charge in [0.2, 0.25) is 0 Å². The molecule has 0 spiro atoms. The quantitative estimate of drug-likeness (QED) is 0.749. The molecule has 0 aliphatic heterocycles. The minimum atomic E-state index is -5.31. The molecule has 14 heavy (non-hydrogen) atoms. The molecule has 80 valence electrons.